The van der Waals surface area contributed by atoms with Crippen LogP contribution >= 0.6 is 15.2 Å². The molecule has 2 aromatic carbocycles. The molecule has 0 aliphatic carbocycles. The second-order valence-electron chi connectivity index (χ2n) is 9.83. The van der Waals surface area contributed by atoms with Crippen LogP contribution in [0, 0.1) is 0 Å². The van der Waals surface area contributed by atoms with E-state index in [2.05, 4.69) is 35.8 Å². The van der Waals surface area contributed by atoms with Crippen LogP contribution in [0.4, 0.5) is 0 Å². The third-order valence-electron chi connectivity index (χ3n) is 6.79. The lowest BCUT2D eigenvalue weighted by molar-refractivity contribution is 0.218. The summed E-state index contributed by atoms with van der Waals surface area (Å²) in [5.74, 6) is 0. The average molecular weight is 580 g/mol. The number of fused-ring (bicyclic) bond motifs is 3. The molecular weight excluding hydrogens is 532 g/mol. The Morgan fingerprint density at radius 2 is 1.00 bits per heavy atom. The van der Waals surface area contributed by atoms with Crippen LogP contribution in [0.3, 0.4) is 0 Å². The first kappa shape index (κ1) is 32.1. The Morgan fingerprint density at radius 3 is 1.41 bits per heavy atom. The molecule has 0 amide bonds. The maximum atomic E-state index is 13.3. The molecule has 7 nitrogen and oxygen atoms in total. The molecule has 218 valence electrons. The predicted molar refractivity (Wildman–Crippen MR) is 162 cm³/mol. The van der Waals surface area contributed by atoms with E-state index in [0.717, 1.165) is 45.9 Å². The lowest BCUT2D eigenvalue weighted by Crippen LogP contribution is -2.01. The molecule has 0 unspecified atom stereocenters. The molecule has 39 heavy (non-hydrogen) atoms. The molecule has 0 fully saturated rings. The highest BCUT2D eigenvalue weighted by atomic mass is 31.2. The topological polar surface area (TPSA) is 76.0 Å². The van der Waals surface area contributed by atoms with Crippen molar-refractivity contribution in [2.75, 3.05) is 26.4 Å². The van der Waals surface area contributed by atoms with Crippen molar-refractivity contribution in [1.82, 2.24) is 4.57 Å². The number of benzene rings is 2. The number of nitrogens with zero attached hydrogens (tertiary/aromatic N) is 1. The lowest BCUT2D eigenvalue weighted by Gasteiger charge is -2.17. The maximum Gasteiger partial charge on any atom is 0.335 e. The molecule has 0 radical (unpaired) electrons. The van der Waals surface area contributed by atoms with Gasteiger partial charge in [0.2, 0.25) is 0 Å². The maximum absolute atomic E-state index is 13.3. The summed E-state index contributed by atoms with van der Waals surface area (Å²) in [4.78, 5) is 0. The molecule has 3 rings (SSSR count). The summed E-state index contributed by atoms with van der Waals surface area (Å²) in [7, 11) is -6.44. The van der Waals surface area contributed by atoms with Gasteiger partial charge in [-0.05, 0) is 57.4 Å². The van der Waals surface area contributed by atoms with Crippen molar-refractivity contribution in [2.45, 2.75) is 92.0 Å². The Kier molecular flexibility index (Phi) is 12.8. The monoisotopic (exact) mass is 579 g/mol. The fourth-order valence-corrected chi connectivity index (χ4v) is 8.54. The van der Waals surface area contributed by atoms with Crippen LogP contribution in [-0.2, 0) is 46.1 Å². The first-order valence-corrected chi connectivity index (χ1v) is 18.1. The van der Waals surface area contributed by atoms with E-state index in [0.29, 0.717) is 26.4 Å². The summed E-state index contributed by atoms with van der Waals surface area (Å²) in [5.41, 5.74) is 4.06. The molecule has 0 saturated heterocycles. The van der Waals surface area contributed by atoms with Gasteiger partial charge >= 0.3 is 15.2 Å². The molecule has 0 saturated carbocycles. The van der Waals surface area contributed by atoms with Gasteiger partial charge in [-0.3, -0.25) is 9.13 Å². The van der Waals surface area contributed by atoms with E-state index in [4.69, 9.17) is 18.1 Å². The highest BCUT2D eigenvalue weighted by Gasteiger charge is 2.26. The van der Waals surface area contributed by atoms with Crippen LogP contribution in [0.2, 0.25) is 0 Å². The van der Waals surface area contributed by atoms with Gasteiger partial charge in [-0.25, -0.2) is 0 Å². The Balaban J connectivity index is 2.02. The van der Waals surface area contributed by atoms with Crippen LogP contribution in [0.5, 0.6) is 0 Å². The second-order valence-corrected chi connectivity index (χ2v) is 13.9. The quantitative estimate of drug-likeness (QED) is 0.104. The van der Waals surface area contributed by atoms with E-state index < -0.39 is 15.2 Å². The first-order chi connectivity index (χ1) is 18.8. The number of hydrogen-bond donors (Lipinski definition) is 0. The first-order valence-electron chi connectivity index (χ1n) is 14.6. The average Bonchev–Trinajstić information content (AvgIpc) is 3.18. The van der Waals surface area contributed by atoms with Crippen LogP contribution < -0.4 is 0 Å². The van der Waals surface area contributed by atoms with Crippen molar-refractivity contribution in [3.05, 3.63) is 47.5 Å². The minimum atomic E-state index is -3.22. The fraction of sp³-hybridized carbons (Fsp3) is 0.600. The second kappa shape index (κ2) is 15.5. The molecular formula is C30H47NO6P2. The van der Waals surface area contributed by atoms with Crippen molar-refractivity contribution in [3.8, 4) is 0 Å². The number of rotatable bonds is 19. The van der Waals surface area contributed by atoms with E-state index in [-0.39, 0.29) is 12.3 Å². The largest absolute Gasteiger partial charge is 0.340 e. The normalized spacial score (nSPS) is 12.6. The van der Waals surface area contributed by atoms with Crippen LogP contribution in [0.25, 0.3) is 21.8 Å². The summed E-state index contributed by atoms with van der Waals surface area (Å²) in [6.07, 6.45) is 7.74. The minimum Gasteiger partial charge on any atom is -0.340 e. The van der Waals surface area contributed by atoms with Crippen molar-refractivity contribution in [1.29, 1.82) is 0 Å². The third-order valence-corrected chi connectivity index (χ3v) is 10.9. The van der Waals surface area contributed by atoms with Gasteiger partial charge in [-0.2, -0.15) is 0 Å². The van der Waals surface area contributed by atoms with Crippen molar-refractivity contribution >= 4 is 37.0 Å². The third kappa shape index (κ3) is 8.76. The molecule has 1 heterocycles. The molecule has 0 aliphatic rings. The molecule has 3 aromatic rings. The smallest absolute Gasteiger partial charge is 0.335 e. The molecule has 9 heteroatoms. The van der Waals surface area contributed by atoms with Crippen molar-refractivity contribution in [2.24, 2.45) is 0 Å². The molecule has 0 bridgehead atoms. The minimum absolute atomic E-state index is 0.236. The van der Waals surface area contributed by atoms with E-state index in [1.165, 1.54) is 32.1 Å². The van der Waals surface area contributed by atoms with Crippen LogP contribution in [-0.4, -0.2) is 31.0 Å². The highest BCUT2D eigenvalue weighted by molar-refractivity contribution is 7.53. The van der Waals surface area contributed by atoms with Gasteiger partial charge in [0.25, 0.3) is 0 Å². The zero-order valence-electron chi connectivity index (χ0n) is 24.4. The molecule has 0 spiro atoms. The fourth-order valence-electron chi connectivity index (χ4n) is 5.17. The van der Waals surface area contributed by atoms with E-state index in [1.54, 1.807) is 0 Å². The van der Waals surface area contributed by atoms with Crippen molar-refractivity contribution in [3.63, 3.8) is 0 Å². The summed E-state index contributed by atoms with van der Waals surface area (Å²) in [6, 6.07) is 12.5. The van der Waals surface area contributed by atoms with Gasteiger partial charge in [-0.15, -0.1) is 0 Å². The molecule has 0 atom stereocenters. The standard InChI is InChI=1S/C30H47NO6P2/c1-6-11-12-13-14-15-20-31-29-21-25(23-38(32,34-7-2)35-8-3)16-18-27(29)28-19-17-26(22-30(28)31)24-39(33,36-9-4)37-10-5/h16-19,21-22H,6-15,20,23-24H2,1-5H3. The predicted octanol–water partition coefficient (Wildman–Crippen LogP) is 9.69. The Hall–Kier alpha value is -1.46. The van der Waals surface area contributed by atoms with E-state index >= 15 is 0 Å². The lowest BCUT2D eigenvalue weighted by atomic mass is 10.1. The number of unbranched alkanes of at least 4 members (excludes halogenated alkanes) is 5. The molecule has 0 N–H and O–H groups in total. The van der Waals surface area contributed by atoms with Crippen LogP contribution in [0.1, 0.15) is 84.3 Å². The summed E-state index contributed by atoms with van der Waals surface area (Å²) < 4.78 is 51.1. The Labute approximate surface area is 234 Å². The van der Waals surface area contributed by atoms with Gasteiger partial charge in [0.1, 0.15) is 0 Å². The summed E-state index contributed by atoms with van der Waals surface area (Å²) in [6.45, 7) is 11.8. The van der Waals surface area contributed by atoms with Crippen LogP contribution in [0.15, 0.2) is 36.4 Å². The Bertz CT molecular complexity index is 1180. The molecule has 0 aliphatic heterocycles. The van der Waals surface area contributed by atoms with Gasteiger partial charge in [0.15, 0.2) is 0 Å². The number of aryl methyl sites for hydroxylation is 1. The van der Waals surface area contributed by atoms with Gasteiger partial charge in [0.05, 0.1) is 38.8 Å². The van der Waals surface area contributed by atoms with E-state index in [1.807, 2.05) is 39.8 Å². The number of aromatic nitrogens is 1. The zero-order chi connectivity index (χ0) is 28.3. The van der Waals surface area contributed by atoms with Gasteiger partial charge in [0, 0.05) is 28.4 Å². The summed E-state index contributed by atoms with van der Waals surface area (Å²) in [5, 5.41) is 2.29. The summed E-state index contributed by atoms with van der Waals surface area (Å²) >= 11 is 0. The highest BCUT2D eigenvalue weighted by Crippen LogP contribution is 2.52. The molecule has 1 aromatic heterocycles. The van der Waals surface area contributed by atoms with E-state index in [9.17, 15) is 9.13 Å². The van der Waals surface area contributed by atoms with Gasteiger partial charge in [-0.1, -0.05) is 63.3 Å². The number of hydrogen-bond acceptors (Lipinski definition) is 6. The zero-order valence-corrected chi connectivity index (χ0v) is 26.2. The van der Waals surface area contributed by atoms with Crippen molar-refractivity contribution < 1.29 is 27.2 Å². The SMILES string of the molecule is CCCCCCCCn1c2cc(CP(=O)(OCC)OCC)ccc2c2ccc(CP(=O)(OCC)OCC)cc21. The van der Waals surface area contributed by atoms with Gasteiger partial charge < -0.3 is 22.7 Å². The Morgan fingerprint density at radius 1 is 0.590 bits per heavy atom.